The zero-order valence-electron chi connectivity index (χ0n) is 11.6. The number of hydrogen-bond donors (Lipinski definition) is 2. The van der Waals surface area contributed by atoms with Crippen molar-refractivity contribution in [3.63, 3.8) is 0 Å². The van der Waals surface area contributed by atoms with Crippen LogP contribution < -0.4 is 11.1 Å². The molecule has 0 radical (unpaired) electrons. The third-order valence-electron chi connectivity index (χ3n) is 2.74. The summed E-state index contributed by atoms with van der Waals surface area (Å²) in [6.07, 6.45) is 0.698. The van der Waals surface area contributed by atoms with E-state index in [1.54, 1.807) is 18.3 Å². The monoisotopic (exact) mass is 325 g/mol. The standard InChI is InChI=1S/C12H15N5O2S2/c1-7(10(18)14-11(13)19)21-12-16-15-9(17(12)2)6-8-4-3-5-20-8/h3-5,7H,6H2,1-2H3,(H3,13,14,18,19)/t7-/m0/s1. The zero-order valence-corrected chi connectivity index (χ0v) is 13.2. The lowest BCUT2D eigenvalue weighted by Gasteiger charge is -2.09. The summed E-state index contributed by atoms with van der Waals surface area (Å²) >= 11 is 2.88. The minimum absolute atomic E-state index is 0.449. The van der Waals surface area contributed by atoms with Gasteiger partial charge in [-0.3, -0.25) is 10.1 Å². The van der Waals surface area contributed by atoms with Crippen LogP contribution in [0.15, 0.2) is 22.7 Å². The van der Waals surface area contributed by atoms with Gasteiger partial charge in [0.2, 0.25) is 5.91 Å². The van der Waals surface area contributed by atoms with E-state index in [1.807, 2.05) is 34.4 Å². The maximum atomic E-state index is 11.6. The van der Waals surface area contributed by atoms with E-state index in [9.17, 15) is 9.59 Å². The fraction of sp³-hybridized carbons (Fsp3) is 0.333. The van der Waals surface area contributed by atoms with Gasteiger partial charge in [0.1, 0.15) is 5.82 Å². The molecule has 3 amide bonds. The highest BCUT2D eigenvalue weighted by atomic mass is 32.2. The number of rotatable bonds is 5. The number of hydrogen-bond acceptors (Lipinski definition) is 6. The van der Waals surface area contributed by atoms with Gasteiger partial charge in [0.15, 0.2) is 5.16 Å². The molecule has 0 saturated carbocycles. The van der Waals surface area contributed by atoms with E-state index < -0.39 is 17.2 Å². The summed E-state index contributed by atoms with van der Waals surface area (Å²) in [6.45, 7) is 1.68. The van der Waals surface area contributed by atoms with Gasteiger partial charge in [-0.2, -0.15) is 0 Å². The second-order valence-electron chi connectivity index (χ2n) is 4.33. The smallest absolute Gasteiger partial charge is 0.318 e. The minimum atomic E-state index is -0.858. The fourth-order valence-electron chi connectivity index (χ4n) is 1.61. The van der Waals surface area contributed by atoms with Crippen LogP contribution in [0.1, 0.15) is 17.6 Å². The molecular weight excluding hydrogens is 310 g/mol. The van der Waals surface area contributed by atoms with Crippen molar-refractivity contribution >= 4 is 35.0 Å². The van der Waals surface area contributed by atoms with Crippen molar-refractivity contribution in [2.45, 2.75) is 23.8 Å². The number of nitrogens with two attached hydrogens (primary N) is 1. The number of nitrogens with zero attached hydrogens (tertiary/aromatic N) is 3. The predicted molar refractivity (Wildman–Crippen MR) is 81.2 cm³/mol. The highest BCUT2D eigenvalue weighted by molar-refractivity contribution is 8.00. The van der Waals surface area contributed by atoms with E-state index in [4.69, 9.17) is 5.73 Å². The van der Waals surface area contributed by atoms with Crippen LogP contribution in [0.4, 0.5) is 4.79 Å². The lowest BCUT2D eigenvalue weighted by atomic mass is 10.3. The van der Waals surface area contributed by atoms with Crippen LogP contribution >= 0.6 is 23.1 Å². The van der Waals surface area contributed by atoms with Gasteiger partial charge >= 0.3 is 6.03 Å². The quantitative estimate of drug-likeness (QED) is 0.803. The van der Waals surface area contributed by atoms with Crippen molar-refractivity contribution < 1.29 is 9.59 Å². The molecule has 2 aromatic heterocycles. The van der Waals surface area contributed by atoms with Gasteiger partial charge in [-0.05, 0) is 18.4 Å². The van der Waals surface area contributed by atoms with Gasteiger partial charge in [0.05, 0.1) is 5.25 Å². The molecule has 2 heterocycles. The second kappa shape index (κ2) is 6.72. The summed E-state index contributed by atoms with van der Waals surface area (Å²) in [5, 5.41) is 12.4. The fourth-order valence-corrected chi connectivity index (χ4v) is 3.14. The molecule has 9 heteroatoms. The number of primary amides is 1. The summed E-state index contributed by atoms with van der Waals surface area (Å²) in [5.41, 5.74) is 4.92. The summed E-state index contributed by atoms with van der Waals surface area (Å²) in [5.74, 6) is 0.373. The zero-order chi connectivity index (χ0) is 15.4. The Hall–Kier alpha value is -1.87. The number of urea groups is 1. The van der Waals surface area contributed by atoms with Gasteiger partial charge in [-0.25, -0.2) is 4.79 Å². The molecular formula is C12H15N5O2S2. The average Bonchev–Trinajstić information content (AvgIpc) is 3.03. The molecule has 0 aromatic carbocycles. The molecule has 2 rings (SSSR count). The van der Waals surface area contributed by atoms with Gasteiger partial charge in [0, 0.05) is 18.3 Å². The van der Waals surface area contributed by atoms with E-state index in [-0.39, 0.29) is 0 Å². The maximum absolute atomic E-state index is 11.6. The SMILES string of the molecule is C[C@H](Sc1nnc(Cc2cccs2)n1C)C(=O)NC(N)=O. The number of amides is 3. The molecule has 0 spiro atoms. The molecule has 0 aliphatic heterocycles. The maximum Gasteiger partial charge on any atom is 0.318 e. The molecule has 21 heavy (non-hydrogen) atoms. The summed E-state index contributed by atoms with van der Waals surface area (Å²) in [7, 11) is 1.85. The Morgan fingerprint density at radius 2 is 2.29 bits per heavy atom. The molecule has 0 bridgehead atoms. The summed E-state index contributed by atoms with van der Waals surface area (Å²) < 4.78 is 1.85. The molecule has 0 aliphatic rings. The average molecular weight is 325 g/mol. The Labute approximate surface area is 129 Å². The van der Waals surface area contributed by atoms with Crippen LogP contribution in [0.25, 0.3) is 0 Å². The lowest BCUT2D eigenvalue weighted by molar-refractivity contribution is -0.119. The first-order chi connectivity index (χ1) is 9.97. The predicted octanol–water partition coefficient (Wildman–Crippen LogP) is 1.14. The Bertz CT molecular complexity index is 638. The van der Waals surface area contributed by atoms with Crippen LogP contribution in [0, 0.1) is 0 Å². The minimum Gasteiger partial charge on any atom is -0.351 e. The summed E-state index contributed by atoms with van der Waals surface area (Å²) in [6, 6.07) is 3.17. The van der Waals surface area contributed by atoms with Crippen LogP contribution in [-0.2, 0) is 18.3 Å². The second-order valence-corrected chi connectivity index (χ2v) is 6.67. The topological polar surface area (TPSA) is 103 Å². The molecule has 3 N–H and O–H groups in total. The molecule has 7 nitrogen and oxygen atoms in total. The molecule has 2 aromatic rings. The van der Waals surface area contributed by atoms with Crippen LogP contribution in [0.2, 0.25) is 0 Å². The molecule has 0 unspecified atom stereocenters. The first-order valence-corrected chi connectivity index (χ1v) is 7.91. The first-order valence-electron chi connectivity index (χ1n) is 6.15. The Balaban J connectivity index is 2.03. The number of carbonyl (C=O) groups excluding carboxylic acids is 2. The van der Waals surface area contributed by atoms with Crippen LogP contribution in [0.3, 0.4) is 0 Å². The van der Waals surface area contributed by atoms with Crippen LogP contribution in [0.5, 0.6) is 0 Å². The van der Waals surface area contributed by atoms with Crippen molar-refractivity contribution in [1.29, 1.82) is 0 Å². The number of imide groups is 1. The van der Waals surface area contributed by atoms with E-state index >= 15 is 0 Å². The normalized spacial score (nSPS) is 12.1. The summed E-state index contributed by atoms with van der Waals surface area (Å²) in [4.78, 5) is 23.5. The largest absolute Gasteiger partial charge is 0.351 e. The van der Waals surface area contributed by atoms with Crippen molar-refractivity contribution in [3.8, 4) is 0 Å². The molecule has 1 atom stereocenters. The van der Waals surface area contributed by atoms with E-state index in [0.717, 1.165) is 5.82 Å². The van der Waals surface area contributed by atoms with Crippen LogP contribution in [-0.4, -0.2) is 32.0 Å². The van der Waals surface area contributed by atoms with Gasteiger partial charge in [0.25, 0.3) is 0 Å². The lowest BCUT2D eigenvalue weighted by Crippen LogP contribution is -2.39. The van der Waals surface area contributed by atoms with E-state index in [0.29, 0.717) is 11.6 Å². The highest BCUT2D eigenvalue weighted by Gasteiger charge is 2.19. The van der Waals surface area contributed by atoms with Gasteiger partial charge in [-0.1, -0.05) is 17.8 Å². The van der Waals surface area contributed by atoms with Crippen molar-refractivity contribution in [2.24, 2.45) is 12.8 Å². The van der Waals surface area contributed by atoms with Gasteiger partial charge in [-0.15, -0.1) is 21.5 Å². The third kappa shape index (κ3) is 4.05. The number of thiophene rings is 1. The third-order valence-corrected chi connectivity index (χ3v) is 4.75. The Morgan fingerprint density at radius 1 is 1.52 bits per heavy atom. The number of nitrogens with one attached hydrogen (secondary N) is 1. The molecule has 112 valence electrons. The van der Waals surface area contributed by atoms with Crippen molar-refractivity contribution in [1.82, 2.24) is 20.1 Å². The Morgan fingerprint density at radius 3 is 2.90 bits per heavy atom. The number of thioether (sulfide) groups is 1. The molecule has 0 fully saturated rings. The van der Waals surface area contributed by atoms with E-state index in [2.05, 4.69) is 10.2 Å². The molecule has 0 aliphatic carbocycles. The highest BCUT2D eigenvalue weighted by Crippen LogP contribution is 2.23. The van der Waals surface area contributed by atoms with Gasteiger partial charge < -0.3 is 10.3 Å². The van der Waals surface area contributed by atoms with Crippen molar-refractivity contribution in [2.75, 3.05) is 0 Å². The van der Waals surface area contributed by atoms with E-state index in [1.165, 1.54) is 16.6 Å². The molecule has 0 saturated heterocycles. The first kappa shape index (κ1) is 15.5. The number of carbonyl (C=O) groups is 2. The number of aromatic nitrogens is 3. The van der Waals surface area contributed by atoms with Crippen molar-refractivity contribution in [3.05, 3.63) is 28.2 Å². The Kier molecular flexibility index (Phi) is 4.97.